The van der Waals surface area contributed by atoms with Crippen molar-refractivity contribution < 1.29 is 14.3 Å². The summed E-state index contributed by atoms with van der Waals surface area (Å²) in [5, 5.41) is 2.98. The number of nitrogens with one attached hydrogen (secondary N) is 1. The number of hydrogen-bond acceptors (Lipinski definition) is 4. The molecule has 0 radical (unpaired) electrons. The molecule has 1 saturated heterocycles. The molecule has 1 aliphatic heterocycles. The van der Waals surface area contributed by atoms with E-state index >= 15 is 0 Å². The molecule has 0 aromatic heterocycles. The lowest BCUT2D eigenvalue weighted by Crippen LogP contribution is -2.29. The van der Waals surface area contributed by atoms with Gasteiger partial charge < -0.3 is 14.8 Å². The van der Waals surface area contributed by atoms with Crippen molar-refractivity contribution in [2.75, 3.05) is 33.4 Å². The Morgan fingerprint density at radius 1 is 1.00 bits per heavy atom. The van der Waals surface area contributed by atoms with Crippen molar-refractivity contribution in [2.24, 2.45) is 0 Å². The normalized spacial score (nSPS) is 14.6. The molecule has 5 nitrogen and oxygen atoms in total. The first-order valence-electron chi connectivity index (χ1n) is 10.0. The van der Waals surface area contributed by atoms with Crippen molar-refractivity contribution in [3.05, 3.63) is 65.2 Å². The van der Waals surface area contributed by atoms with Crippen molar-refractivity contribution in [1.29, 1.82) is 0 Å². The third-order valence-corrected chi connectivity index (χ3v) is 4.98. The maximum Gasteiger partial charge on any atom is 0.251 e. The first-order chi connectivity index (χ1) is 13.7. The Hall–Kier alpha value is -2.37. The van der Waals surface area contributed by atoms with E-state index in [1.807, 2.05) is 12.1 Å². The topological polar surface area (TPSA) is 50.8 Å². The SMILES string of the molecule is COCCOc1cccc(C(=O)NCc2ccc(CN3CCCCC3)cc2)c1. The average Bonchev–Trinajstić information content (AvgIpc) is 2.74. The van der Waals surface area contributed by atoms with E-state index in [0.717, 1.165) is 12.1 Å². The number of ether oxygens (including phenoxy) is 2. The van der Waals surface area contributed by atoms with Gasteiger partial charge in [0.25, 0.3) is 5.91 Å². The molecule has 0 unspecified atom stereocenters. The van der Waals surface area contributed by atoms with Crippen LogP contribution in [0, 0.1) is 0 Å². The van der Waals surface area contributed by atoms with Crippen LogP contribution in [0.3, 0.4) is 0 Å². The standard InChI is InChI=1S/C23H30N2O3/c1-27-14-15-28-22-7-5-6-21(16-22)23(26)24-17-19-8-10-20(11-9-19)18-25-12-3-2-4-13-25/h5-11,16H,2-4,12-15,17-18H2,1H3,(H,24,26). The molecule has 150 valence electrons. The van der Waals surface area contributed by atoms with Gasteiger partial charge in [0.15, 0.2) is 0 Å². The van der Waals surface area contributed by atoms with Gasteiger partial charge in [-0.2, -0.15) is 0 Å². The van der Waals surface area contributed by atoms with E-state index < -0.39 is 0 Å². The van der Waals surface area contributed by atoms with Crippen molar-refractivity contribution in [2.45, 2.75) is 32.4 Å². The van der Waals surface area contributed by atoms with Gasteiger partial charge in [0.1, 0.15) is 12.4 Å². The van der Waals surface area contributed by atoms with E-state index in [1.165, 1.54) is 37.9 Å². The van der Waals surface area contributed by atoms with E-state index in [-0.39, 0.29) is 5.91 Å². The van der Waals surface area contributed by atoms with Gasteiger partial charge in [0, 0.05) is 25.8 Å². The van der Waals surface area contributed by atoms with Gasteiger partial charge >= 0.3 is 0 Å². The minimum Gasteiger partial charge on any atom is -0.491 e. The smallest absolute Gasteiger partial charge is 0.251 e. The Bertz CT molecular complexity index is 740. The second kappa shape index (κ2) is 10.8. The minimum absolute atomic E-state index is 0.102. The summed E-state index contributed by atoms with van der Waals surface area (Å²) in [4.78, 5) is 14.9. The Kier molecular flexibility index (Phi) is 7.88. The Balaban J connectivity index is 1.48. The fraction of sp³-hybridized carbons (Fsp3) is 0.435. The largest absolute Gasteiger partial charge is 0.491 e. The highest BCUT2D eigenvalue weighted by Crippen LogP contribution is 2.15. The van der Waals surface area contributed by atoms with Crippen LogP contribution in [-0.4, -0.2) is 44.2 Å². The summed E-state index contributed by atoms with van der Waals surface area (Å²) in [6.45, 7) is 4.91. The number of amides is 1. The van der Waals surface area contributed by atoms with Crippen LogP contribution in [0.25, 0.3) is 0 Å². The number of piperidine rings is 1. The van der Waals surface area contributed by atoms with Crippen LogP contribution >= 0.6 is 0 Å². The van der Waals surface area contributed by atoms with Crippen molar-refractivity contribution in [1.82, 2.24) is 10.2 Å². The predicted molar refractivity (Wildman–Crippen MR) is 111 cm³/mol. The number of hydrogen-bond donors (Lipinski definition) is 1. The third kappa shape index (κ3) is 6.36. The molecule has 1 N–H and O–H groups in total. The van der Waals surface area contributed by atoms with Gasteiger partial charge in [0.05, 0.1) is 6.61 Å². The molecule has 2 aromatic rings. The van der Waals surface area contributed by atoms with Crippen LogP contribution in [0.1, 0.15) is 40.7 Å². The highest BCUT2D eigenvalue weighted by Gasteiger charge is 2.10. The zero-order valence-electron chi connectivity index (χ0n) is 16.7. The molecule has 3 rings (SSSR count). The molecule has 28 heavy (non-hydrogen) atoms. The summed E-state index contributed by atoms with van der Waals surface area (Å²) in [5.74, 6) is 0.571. The van der Waals surface area contributed by atoms with E-state index in [2.05, 4.69) is 34.5 Å². The number of nitrogens with zero attached hydrogens (tertiary/aromatic N) is 1. The van der Waals surface area contributed by atoms with Crippen LogP contribution in [0.2, 0.25) is 0 Å². The summed E-state index contributed by atoms with van der Waals surface area (Å²) in [6, 6.07) is 15.8. The minimum atomic E-state index is -0.102. The second-order valence-electron chi connectivity index (χ2n) is 7.21. The zero-order valence-corrected chi connectivity index (χ0v) is 16.7. The fourth-order valence-corrected chi connectivity index (χ4v) is 3.39. The lowest BCUT2D eigenvalue weighted by molar-refractivity contribution is 0.0950. The van der Waals surface area contributed by atoms with E-state index in [1.54, 1.807) is 19.2 Å². The first kappa shape index (κ1) is 20.4. The van der Waals surface area contributed by atoms with E-state index in [0.29, 0.717) is 31.1 Å². The predicted octanol–water partition coefficient (Wildman–Crippen LogP) is 3.63. The Morgan fingerprint density at radius 3 is 2.50 bits per heavy atom. The summed E-state index contributed by atoms with van der Waals surface area (Å²) >= 11 is 0. The summed E-state index contributed by atoms with van der Waals surface area (Å²) < 4.78 is 10.5. The maximum absolute atomic E-state index is 12.4. The average molecular weight is 383 g/mol. The van der Waals surface area contributed by atoms with Crippen molar-refractivity contribution in [3.8, 4) is 5.75 Å². The molecule has 1 heterocycles. The van der Waals surface area contributed by atoms with Crippen molar-refractivity contribution >= 4 is 5.91 Å². The Labute approximate surface area is 167 Å². The summed E-state index contributed by atoms with van der Waals surface area (Å²) in [7, 11) is 1.63. The molecule has 0 bridgehead atoms. The fourth-order valence-electron chi connectivity index (χ4n) is 3.39. The molecule has 1 fully saturated rings. The van der Waals surface area contributed by atoms with Crippen molar-refractivity contribution in [3.63, 3.8) is 0 Å². The van der Waals surface area contributed by atoms with Gasteiger partial charge in [-0.15, -0.1) is 0 Å². The van der Waals surface area contributed by atoms with Gasteiger partial charge in [-0.3, -0.25) is 9.69 Å². The number of carbonyl (C=O) groups excluding carboxylic acids is 1. The van der Waals surface area contributed by atoms with E-state index in [4.69, 9.17) is 9.47 Å². The maximum atomic E-state index is 12.4. The molecule has 0 saturated carbocycles. The zero-order chi connectivity index (χ0) is 19.6. The summed E-state index contributed by atoms with van der Waals surface area (Å²) in [5.41, 5.74) is 3.03. The molecule has 1 aliphatic rings. The lowest BCUT2D eigenvalue weighted by atomic mass is 10.1. The van der Waals surface area contributed by atoms with Gasteiger partial charge in [0.2, 0.25) is 0 Å². The number of benzene rings is 2. The Morgan fingerprint density at radius 2 is 1.75 bits per heavy atom. The van der Waals surface area contributed by atoms with Crippen LogP contribution in [0.15, 0.2) is 48.5 Å². The highest BCUT2D eigenvalue weighted by atomic mass is 16.5. The van der Waals surface area contributed by atoms with Gasteiger partial charge in [-0.1, -0.05) is 36.8 Å². The van der Waals surface area contributed by atoms with Gasteiger partial charge in [-0.05, 0) is 55.3 Å². The van der Waals surface area contributed by atoms with Gasteiger partial charge in [-0.25, -0.2) is 0 Å². The molecule has 5 heteroatoms. The first-order valence-corrected chi connectivity index (χ1v) is 10.0. The molecule has 1 amide bonds. The molecule has 2 aromatic carbocycles. The number of carbonyl (C=O) groups is 1. The molecule has 0 spiro atoms. The molecular formula is C23H30N2O3. The van der Waals surface area contributed by atoms with Crippen LogP contribution in [0.5, 0.6) is 5.75 Å². The summed E-state index contributed by atoms with van der Waals surface area (Å²) in [6.07, 6.45) is 3.97. The van der Waals surface area contributed by atoms with Crippen LogP contribution in [0.4, 0.5) is 0 Å². The lowest BCUT2D eigenvalue weighted by Gasteiger charge is -2.26. The molecule has 0 atom stereocenters. The number of rotatable bonds is 9. The third-order valence-electron chi connectivity index (χ3n) is 4.98. The second-order valence-corrected chi connectivity index (χ2v) is 7.21. The number of likely N-dealkylation sites (tertiary alicyclic amines) is 1. The molecule has 0 aliphatic carbocycles. The highest BCUT2D eigenvalue weighted by molar-refractivity contribution is 5.94. The quantitative estimate of drug-likeness (QED) is 0.673. The monoisotopic (exact) mass is 382 g/mol. The van der Waals surface area contributed by atoms with Crippen LogP contribution < -0.4 is 10.1 Å². The van der Waals surface area contributed by atoms with Crippen LogP contribution in [-0.2, 0) is 17.8 Å². The molecular weight excluding hydrogens is 352 g/mol. The number of methoxy groups -OCH3 is 1. The van der Waals surface area contributed by atoms with E-state index in [9.17, 15) is 4.79 Å².